The first-order valence-electron chi connectivity index (χ1n) is 9.15. The van der Waals surface area contributed by atoms with Gasteiger partial charge in [-0.1, -0.05) is 30.3 Å². The summed E-state index contributed by atoms with van der Waals surface area (Å²) < 4.78 is 10.7. The van der Waals surface area contributed by atoms with Gasteiger partial charge in [0.25, 0.3) is 0 Å². The summed E-state index contributed by atoms with van der Waals surface area (Å²) in [5.41, 5.74) is 1.30. The number of morpholine rings is 1. The van der Waals surface area contributed by atoms with E-state index in [1.54, 1.807) is 7.11 Å². The second-order valence-electron chi connectivity index (χ2n) is 6.30. The molecule has 0 spiro atoms. The molecule has 26 heavy (non-hydrogen) atoms. The van der Waals surface area contributed by atoms with E-state index in [4.69, 9.17) is 14.5 Å². The lowest BCUT2D eigenvalue weighted by Gasteiger charge is -2.34. The molecule has 2 rings (SSSR count). The van der Waals surface area contributed by atoms with Gasteiger partial charge in [-0.05, 0) is 19.4 Å². The third kappa shape index (κ3) is 7.77. The normalized spacial score (nSPS) is 17.9. The van der Waals surface area contributed by atoms with Crippen LogP contribution >= 0.6 is 24.0 Å². The number of hydrogen-bond acceptors (Lipinski definition) is 4. The van der Waals surface area contributed by atoms with Crippen LogP contribution in [0.5, 0.6) is 0 Å². The summed E-state index contributed by atoms with van der Waals surface area (Å²) in [6, 6.07) is 11.1. The molecule has 0 bridgehead atoms. The second-order valence-corrected chi connectivity index (χ2v) is 6.30. The summed E-state index contributed by atoms with van der Waals surface area (Å²) >= 11 is 0. The Morgan fingerprint density at radius 2 is 1.96 bits per heavy atom. The predicted molar refractivity (Wildman–Crippen MR) is 117 cm³/mol. The lowest BCUT2D eigenvalue weighted by Crippen LogP contribution is -2.45. The fourth-order valence-corrected chi connectivity index (χ4v) is 3.02. The molecule has 1 aliphatic heterocycles. The third-order valence-electron chi connectivity index (χ3n) is 4.24. The molecule has 148 valence electrons. The molecular weight excluding hydrogens is 443 g/mol. The highest BCUT2D eigenvalue weighted by molar-refractivity contribution is 14.0. The highest BCUT2D eigenvalue weighted by Gasteiger charge is 2.22. The van der Waals surface area contributed by atoms with Crippen LogP contribution in [0.3, 0.4) is 0 Å². The van der Waals surface area contributed by atoms with Crippen LogP contribution in [0.1, 0.15) is 25.5 Å². The molecule has 0 saturated carbocycles. The van der Waals surface area contributed by atoms with E-state index < -0.39 is 0 Å². The summed E-state index contributed by atoms with van der Waals surface area (Å²) in [6.45, 7) is 9.82. The quantitative estimate of drug-likeness (QED) is 0.343. The van der Waals surface area contributed by atoms with Crippen molar-refractivity contribution in [2.24, 2.45) is 4.99 Å². The van der Waals surface area contributed by atoms with E-state index in [9.17, 15) is 0 Å². The van der Waals surface area contributed by atoms with Crippen molar-refractivity contribution in [1.82, 2.24) is 15.5 Å². The highest BCUT2D eigenvalue weighted by atomic mass is 127. The summed E-state index contributed by atoms with van der Waals surface area (Å²) in [5, 5.41) is 6.72. The zero-order valence-corrected chi connectivity index (χ0v) is 18.4. The van der Waals surface area contributed by atoms with Crippen molar-refractivity contribution in [1.29, 1.82) is 0 Å². The van der Waals surface area contributed by atoms with Crippen molar-refractivity contribution < 1.29 is 9.47 Å². The molecule has 0 amide bonds. The number of ether oxygens (including phenoxy) is 2. The number of rotatable bonds is 8. The third-order valence-corrected chi connectivity index (χ3v) is 4.24. The van der Waals surface area contributed by atoms with Crippen LogP contribution < -0.4 is 10.6 Å². The first-order chi connectivity index (χ1) is 12.2. The Hall–Kier alpha value is -0.900. The fraction of sp³-hybridized carbons (Fsp3) is 0.632. The molecule has 2 N–H and O–H groups in total. The molecule has 7 heteroatoms. The Balaban J connectivity index is 0.00000338. The molecule has 1 aromatic carbocycles. The minimum absolute atomic E-state index is 0. The molecule has 0 aliphatic carbocycles. The minimum atomic E-state index is 0. The monoisotopic (exact) mass is 476 g/mol. The van der Waals surface area contributed by atoms with E-state index >= 15 is 0 Å². The molecule has 1 fully saturated rings. The summed E-state index contributed by atoms with van der Waals surface area (Å²) in [4.78, 5) is 7.31. The number of halogens is 1. The van der Waals surface area contributed by atoms with Gasteiger partial charge in [0.05, 0.1) is 32.4 Å². The molecule has 1 heterocycles. The van der Waals surface area contributed by atoms with Crippen LogP contribution in [0.2, 0.25) is 0 Å². The van der Waals surface area contributed by atoms with Crippen LogP contribution in [0, 0.1) is 0 Å². The zero-order valence-electron chi connectivity index (χ0n) is 16.1. The molecule has 1 aliphatic rings. The lowest BCUT2D eigenvalue weighted by molar-refractivity contribution is 0.0179. The number of methoxy groups -OCH3 is 1. The van der Waals surface area contributed by atoms with E-state index in [1.165, 1.54) is 5.56 Å². The number of benzene rings is 1. The van der Waals surface area contributed by atoms with Gasteiger partial charge in [-0.15, -0.1) is 24.0 Å². The smallest absolute Gasteiger partial charge is 0.191 e. The van der Waals surface area contributed by atoms with Crippen LogP contribution in [0.25, 0.3) is 0 Å². The standard InChI is InChI=1S/C19H32N4O2.HI/c1-4-20-19(22-16(2)15-24-3)21-14-18(17-8-6-5-7-9-17)23-10-12-25-13-11-23;/h5-9,16,18H,4,10-15H2,1-3H3,(H2,20,21,22);1H. The molecule has 0 aromatic heterocycles. The molecule has 2 unspecified atom stereocenters. The Morgan fingerprint density at radius 3 is 2.58 bits per heavy atom. The SMILES string of the molecule is CCNC(=NCC(c1ccccc1)N1CCOCC1)NC(C)COC.I. The summed E-state index contributed by atoms with van der Waals surface area (Å²) in [6.07, 6.45) is 0. The van der Waals surface area contributed by atoms with E-state index in [0.29, 0.717) is 13.2 Å². The van der Waals surface area contributed by atoms with Gasteiger partial charge in [-0.3, -0.25) is 9.89 Å². The Kier molecular flexibility index (Phi) is 11.8. The molecular formula is C19H33IN4O2. The molecule has 2 atom stereocenters. The van der Waals surface area contributed by atoms with Gasteiger partial charge >= 0.3 is 0 Å². The maximum absolute atomic E-state index is 5.51. The maximum atomic E-state index is 5.51. The van der Waals surface area contributed by atoms with Gasteiger partial charge in [0.2, 0.25) is 0 Å². The molecule has 1 saturated heterocycles. The van der Waals surface area contributed by atoms with Gasteiger partial charge in [-0.2, -0.15) is 0 Å². The zero-order chi connectivity index (χ0) is 17.9. The first kappa shape index (κ1) is 23.1. The predicted octanol–water partition coefficient (Wildman–Crippen LogP) is 2.27. The number of nitrogens with one attached hydrogen (secondary N) is 2. The Labute approximate surface area is 174 Å². The van der Waals surface area contributed by atoms with E-state index in [-0.39, 0.29) is 36.1 Å². The van der Waals surface area contributed by atoms with Gasteiger partial charge in [-0.25, -0.2) is 0 Å². The maximum Gasteiger partial charge on any atom is 0.191 e. The van der Waals surface area contributed by atoms with E-state index in [2.05, 4.69) is 59.7 Å². The van der Waals surface area contributed by atoms with Crippen LogP contribution in [0.15, 0.2) is 35.3 Å². The van der Waals surface area contributed by atoms with Crippen molar-refractivity contribution in [2.75, 3.05) is 53.1 Å². The summed E-state index contributed by atoms with van der Waals surface area (Å²) in [5.74, 6) is 0.834. The van der Waals surface area contributed by atoms with Gasteiger partial charge in [0.1, 0.15) is 0 Å². The summed E-state index contributed by atoms with van der Waals surface area (Å²) in [7, 11) is 1.71. The van der Waals surface area contributed by atoms with Crippen LogP contribution in [0.4, 0.5) is 0 Å². The number of hydrogen-bond donors (Lipinski definition) is 2. The first-order valence-corrected chi connectivity index (χ1v) is 9.15. The average Bonchev–Trinajstić information content (AvgIpc) is 2.64. The molecule has 6 nitrogen and oxygen atoms in total. The second kappa shape index (κ2) is 13.3. The van der Waals surface area contributed by atoms with Crippen molar-refractivity contribution in [2.45, 2.75) is 25.9 Å². The fourth-order valence-electron chi connectivity index (χ4n) is 3.02. The van der Waals surface area contributed by atoms with Gasteiger partial charge in [0, 0.05) is 32.8 Å². The Bertz CT molecular complexity index is 510. The topological polar surface area (TPSA) is 58.1 Å². The van der Waals surface area contributed by atoms with Crippen molar-refractivity contribution >= 4 is 29.9 Å². The highest BCUT2D eigenvalue weighted by Crippen LogP contribution is 2.22. The van der Waals surface area contributed by atoms with E-state index in [1.807, 2.05) is 0 Å². The molecule has 0 radical (unpaired) electrons. The number of guanidine groups is 1. The van der Waals surface area contributed by atoms with Crippen molar-refractivity contribution in [3.05, 3.63) is 35.9 Å². The molecule has 1 aromatic rings. The number of nitrogens with zero attached hydrogens (tertiary/aromatic N) is 2. The van der Waals surface area contributed by atoms with Crippen molar-refractivity contribution in [3.63, 3.8) is 0 Å². The van der Waals surface area contributed by atoms with Gasteiger partial charge in [0.15, 0.2) is 5.96 Å². The largest absolute Gasteiger partial charge is 0.383 e. The minimum Gasteiger partial charge on any atom is -0.383 e. The number of aliphatic imine (C=N–C) groups is 1. The Morgan fingerprint density at radius 1 is 1.27 bits per heavy atom. The van der Waals surface area contributed by atoms with Crippen LogP contribution in [-0.4, -0.2) is 70.0 Å². The average molecular weight is 476 g/mol. The van der Waals surface area contributed by atoms with Crippen molar-refractivity contribution in [3.8, 4) is 0 Å². The van der Waals surface area contributed by atoms with E-state index in [0.717, 1.165) is 38.8 Å². The van der Waals surface area contributed by atoms with Crippen LogP contribution in [-0.2, 0) is 9.47 Å². The van der Waals surface area contributed by atoms with Gasteiger partial charge < -0.3 is 20.1 Å². The lowest BCUT2D eigenvalue weighted by atomic mass is 10.1.